The van der Waals surface area contributed by atoms with E-state index in [0.717, 1.165) is 5.76 Å². The molecule has 11 nitrogen and oxygen atoms in total. The van der Waals surface area contributed by atoms with Gasteiger partial charge in [0.2, 0.25) is 11.6 Å². The summed E-state index contributed by atoms with van der Waals surface area (Å²) in [6.07, 6.45) is 1.38. The zero-order valence-electron chi connectivity index (χ0n) is 12.2. The summed E-state index contributed by atoms with van der Waals surface area (Å²) >= 11 is 0. The number of carbonyl (C=O) groups is 1. The summed E-state index contributed by atoms with van der Waals surface area (Å²) < 4.78 is 11.0. The van der Waals surface area contributed by atoms with Crippen molar-refractivity contribution in [1.82, 2.24) is 30.7 Å². The maximum absolute atomic E-state index is 12.1. The minimum Gasteiger partial charge on any atom is -0.460 e. The van der Waals surface area contributed by atoms with E-state index in [0.29, 0.717) is 11.5 Å². The van der Waals surface area contributed by atoms with Crippen molar-refractivity contribution in [2.24, 2.45) is 5.10 Å². The fraction of sp³-hybridized carbons (Fsp3) is 0.167. The predicted molar refractivity (Wildman–Crippen MR) is 76.9 cm³/mol. The van der Waals surface area contributed by atoms with E-state index in [-0.39, 0.29) is 17.3 Å². The van der Waals surface area contributed by atoms with Crippen molar-refractivity contribution in [3.05, 3.63) is 35.0 Å². The van der Waals surface area contributed by atoms with E-state index < -0.39 is 5.91 Å². The van der Waals surface area contributed by atoms with Crippen molar-refractivity contribution < 1.29 is 13.8 Å². The Morgan fingerprint density at radius 1 is 1.39 bits per heavy atom. The van der Waals surface area contributed by atoms with Crippen LogP contribution in [-0.2, 0) is 0 Å². The Balaban J connectivity index is 1.74. The maximum atomic E-state index is 12.1. The number of aryl methyl sites for hydroxylation is 1. The maximum Gasteiger partial charge on any atom is 0.293 e. The highest BCUT2D eigenvalue weighted by atomic mass is 16.6. The molecule has 0 unspecified atom stereocenters. The molecule has 3 aromatic heterocycles. The van der Waals surface area contributed by atoms with Gasteiger partial charge in [-0.15, -0.1) is 5.10 Å². The Morgan fingerprint density at radius 2 is 2.22 bits per heavy atom. The number of nitrogens with two attached hydrogens (primary N) is 1. The first kappa shape index (κ1) is 14.4. The molecule has 0 bridgehead atoms. The third kappa shape index (κ3) is 2.79. The SMILES string of the molecule is Cc1ccc(C=NNC(=O)c2nnn(-c3nonc3N)c2C)o1. The molecule has 0 aliphatic rings. The number of aromatic nitrogens is 5. The second-order valence-electron chi connectivity index (χ2n) is 4.56. The number of rotatable bonds is 4. The van der Waals surface area contributed by atoms with E-state index in [4.69, 9.17) is 10.2 Å². The van der Waals surface area contributed by atoms with Crippen LogP contribution in [0, 0.1) is 13.8 Å². The molecule has 23 heavy (non-hydrogen) atoms. The summed E-state index contributed by atoms with van der Waals surface area (Å²) in [6.45, 7) is 3.44. The smallest absolute Gasteiger partial charge is 0.293 e. The first-order chi connectivity index (χ1) is 11.1. The van der Waals surface area contributed by atoms with Crippen molar-refractivity contribution in [3.8, 4) is 5.82 Å². The minimum atomic E-state index is -0.539. The molecule has 0 saturated heterocycles. The lowest BCUT2D eigenvalue weighted by molar-refractivity contribution is 0.0949. The predicted octanol–water partition coefficient (Wildman–Crippen LogP) is 0.206. The van der Waals surface area contributed by atoms with Crippen LogP contribution in [0.4, 0.5) is 5.82 Å². The van der Waals surface area contributed by atoms with Gasteiger partial charge in [0.05, 0.1) is 11.9 Å². The van der Waals surface area contributed by atoms with Crippen molar-refractivity contribution in [1.29, 1.82) is 0 Å². The van der Waals surface area contributed by atoms with Crippen LogP contribution in [0.2, 0.25) is 0 Å². The van der Waals surface area contributed by atoms with E-state index in [1.165, 1.54) is 10.9 Å². The zero-order valence-corrected chi connectivity index (χ0v) is 12.2. The Labute approximate surface area is 129 Å². The second kappa shape index (κ2) is 5.71. The lowest BCUT2D eigenvalue weighted by atomic mass is 10.3. The van der Waals surface area contributed by atoms with Crippen LogP contribution < -0.4 is 11.2 Å². The van der Waals surface area contributed by atoms with Crippen molar-refractivity contribution in [2.75, 3.05) is 5.73 Å². The van der Waals surface area contributed by atoms with Gasteiger partial charge in [0.15, 0.2) is 5.69 Å². The van der Waals surface area contributed by atoms with Crippen LogP contribution >= 0.6 is 0 Å². The summed E-state index contributed by atoms with van der Waals surface area (Å²) in [6, 6.07) is 3.52. The first-order valence-corrected chi connectivity index (χ1v) is 6.47. The molecule has 0 radical (unpaired) electrons. The number of hydrogen-bond acceptors (Lipinski definition) is 9. The Bertz CT molecular complexity index is 875. The summed E-state index contributed by atoms with van der Waals surface area (Å²) in [5, 5.41) is 18.4. The number of carbonyl (C=O) groups excluding carboxylic acids is 1. The molecule has 3 N–H and O–H groups in total. The highest BCUT2D eigenvalue weighted by Gasteiger charge is 2.20. The van der Waals surface area contributed by atoms with Crippen LogP contribution in [0.15, 0.2) is 26.3 Å². The third-order valence-electron chi connectivity index (χ3n) is 2.92. The van der Waals surface area contributed by atoms with Crippen LogP contribution in [0.5, 0.6) is 0 Å². The van der Waals surface area contributed by atoms with Crippen LogP contribution in [0.3, 0.4) is 0 Å². The second-order valence-corrected chi connectivity index (χ2v) is 4.56. The molecule has 0 aliphatic carbocycles. The van der Waals surface area contributed by atoms with E-state index in [2.05, 4.69) is 35.8 Å². The molecule has 0 saturated carbocycles. The van der Waals surface area contributed by atoms with Crippen LogP contribution in [0.1, 0.15) is 27.7 Å². The fourth-order valence-corrected chi connectivity index (χ4v) is 1.81. The van der Waals surface area contributed by atoms with E-state index in [9.17, 15) is 4.79 Å². The summed E-state index contributed by atoms with van der Waals surface area (Å²) in [5.41, 5.74) is 8.40. The molecule has 3 aromatic rings. The van der Waals surface area contributed by atoms with Gasteiger partial charge in [-0.3, -0.25) is 4.79 Å². The topological polar surface area (TPSA) is 150 Å². The van der Waals surface area contributed by atoms with Gasteiger partial charge in [0.1, 0.15) is 11.5 Å². The van der Waals surface area contributed by atoms with Gasteiger partial charge in [-0.05, 0) is 36.3 Å². The molecule has 0 aliphatic heterocycles. The van der Waals surface area contributed by atoms with Gasteiger partial charge in [0, 0.05) is 0 Å². The van der Waals surface area contributed by atoms with Gasteiger partial charge >= 0.3 is 0 Å². The van der Waals surface area contributed by atoms with Gasteiger partial charge in [-0.2, -0.15) is 9.78 Å². The Morgan fingerprint density at radius 3 is 2.87 bits per heavy atom. The summed E-state index contributed by atoms with van der Waals surface area (Å²) in [5.74, 6) is 0.920. The molecule has 118 valence electrons. The Hall–Kier alpha value is -3.50. The van der Waals surface area contributed by atoms with Crippen LogP contribution in [-0.4, -0.2) is 37.4 Å². The van der Waals surface area contributed by atoms with E-state index in [1.54, 1.807) is 19.1 Å². The average molecular weight is 316 g/mol. The number of anilines is 1. The number of amides is 1. The zero-order chi connectivity index (χ0) is 16.4. The molecule has 3 rings (SSSR count). The fourth-order valence-electron chi connectivity index (χ4n) is 1.81. The molecule has 0 fully saturated rings. The Kier molecular flexibility index (Phi) is 3.58. The number of furan rings is 1. The number of nitrogens with one attached hydrogen (secondary N) is 1. The van der Waals surface area contributed by atoms with Gasteiger partial charge < -0.3 is 10.2 Å². The number of hydrazone groups is 1. The number of hydrogen-bond donors (Lipinski definition) is 2. The molecular formula is C12H12N8O3. The van der Waals surface area contributed by atoms with Crippen molar-refractivity contribution in [2.45, 2.75) is 13.8 Å². The van der Waals surface area contributed by atoms with Gasteiger partial charge in [-0.1, -0.05) is 5.21 Å². The minimum absolute atomic E-state index is 0.0381. The molecular weight excluding hydrogens is 304 g/mol. The van der Waals surface area contributed by atoms with Crippen molar-refractivity contribution in [3.63, 3.8) is 0 Å². The summed E-state index contributed by atoms with van der Waals surface area (Å²) in [4.78, 5) is 12.1. The molecule has 11 heteroatoms. The van der Waals surface area contributed by atoms with E-state index >= 15 is 0 Å². The highest BCUT2D eigenvalue weighted by molar-refractivity contribution is 5.93. The quantitative estimate of drug-likeness (QED) is 0.512. The first-order valence-electron chi connectivity index (χ1n) is 6.47. The molecule has 1 amide bonds. The highest BCUT2D eigenvalue weighted by Crippen LogP contribution is 2.14. The standard InChI is InChI=1S/C12H12N8O3/c1-6-3-4-8(22-6)5-14-16-12(21)9-7(2)20(19-15-9)11-10(13)17-23-18-11/h3-5H,1-2H3,(H2,13,17)(H,16,21). The monoisotopic (exact) mass is 316 g/mol. The van der Waals surface area contributed by atoms with Gasteiger partial charge in [-0.25, -0.2) is 10.1 Å². The molecule has 0 spiro atoms. The van der Waals surface area contributed by atoms with Crippen molar-refractivity contribution >= 4 is 17.9 Å². The summed E-state index contributed by atoms with van der Waals surface area (Å²) in [7, 11) is 0. The third-order valence-corrected chi connectivity index (χ3v) is 2.92. The lowest BCUT2D eigenvalue weighted by Gasteiger charge is -1.98. The number of nitrogens with zero attached hydrogens (tertiary/aromatic N) is 6. The van der Waals surface area contributed by atoms with Gasteiger partial charge in [0.25, 0.3) is 5.91 Å². The van der Waals surface area contributed by atoms with Crippen LogP contribution in [0.25, 0.3) is 5.82 Å². The molecule has 0 aromatic carbocycles. The lowest BCUT2D eigenvalue weighted by Crippen LogP contribution is -2.19. The van der Waals surface area contributed by atoms with E-state index in [1.807, 2.05) is 6.92 Å². The number of nitrogen functional groups attached to an aromatic ring is 1. The normalized spacial score (nSPS) is 11.2. The molecule has 0 atom stereocenters. The average Bonchev–Trinajstić information content (AvgIpc) is 3.20. The largest absolute Gasteiger partial charge is 0.460 e. The molecule has 3 heterocycles.